The average Bonchev–Trinajstić information content (AvgIpc) is 2.16. The zero-order chi connectivity index (χ0) is 9.84. The van der Waals surface area contributed by atoms with E-state index < -0.39 is 5.97 Å². The Morgan fingerprint density at radius 1 is 1.54 bits per heavy atom. The summed E-state index contributed by atoms with van der Waals surface area (Å²) in [5.74, 6) is -0.964. The molecule has 0 radical (unpaired) electrons. The maximum Gasteiger partial charge on any atom is 0.336 e. The first-order chi connectivity index (χ1) is 6.19. The zero-order valence-electron chi connectivity index (χ0n) is 6.86. The molecule has 1 aromatic carbocycles. The Bertz CT molecular complexity index is 328. The first-order valence-electron chi connectivity index (χ1n) is 3.62. The maximum absolute atomic E-state index is 10.7. The third-order valence-electron chi connectivity index (χ3n) is 1.66. The van der Waals surface area contributed by atoms with Crippen LogP contribution in [0.15, 0.2) is 23.1 Å². The second-order valence-electron chi connectivity index (χ2n) is 2.45. The second kappa shape index (κ2) is 4.27. The van der Waals surface area contributed by atoms with Crippen LogP contribution in [0.2, 0.25) is 0 Å². The van der Waals surface area contributed by atoms with E-state index in [9.17, 15) is 4.79 Å². The fraction of sp³-hybridized carbons (Fsp3) is 0.125. The normalized spacial score (nSPS) is 10.0. The smallest absolute Gasteiger partial charge is 0.336 e. The van der Waals surface area contributed by atoms with Crippen LogP contribution < -0.4 is 10.9 Å². The van der Waals surface area contributed by atoms with E-state index in [-0.39, 0.29) is 12.1 Å². The SMILES string of the molecule is NCc1cc(SN)ccc1C(=O)O. The summed E-state index contributed by atoms with van der Waals surface area (Å²) in [6.07, 6.45) is 0. The molecule has 70 valence electrons. The summed E-state index contributed by atoms with van der Waals surface area (Å²) in [7, 11) is 0. The molecular weight excluding hydrogens is 188 g/mol. The highest BCUT2D eigenvalue weighted by Gasteiger charge is 2.08. The average molecular weight is 198 g/mol. The topological polar surface area (TPSA) is 89.3 Å². The summed E-state index contributed by atoms with van der Waals surface area (Å²) in [5, 5.41) is 14.1. The third kappa shape index (κ3) is 2.21. The minimum Gasteiger partial charge on any atom is -0.478 e. The van der Waals surface area contributed by atoms with E-state index >= 15 is 0 Å². The number of carboxylic acid groups (broad SMARTS) is 1. The van der Waals surface area contributed by atoms with Gasteiger partial charge < -0.3 is 10.8 Å². The number of benzene rings is 1. The molecule has 0 aliphatic rings. The van der Waals surface area contributed by atoms with Crippen LogP contribution in [0.5, 0.6) is 0 Å². The van der Waals surface area contributed by atoms with Crippen LogP contribution >= 0.6 is 11.9 Å². The largest absolute Gasteiger partial charge is 0.478 e. The Balaban J connectivity index is 3.15. The van der Waals surface area contributed by atoms with E-state index in [0.29, 0.717) is 5.56 Å². The van der Waals surface area contributed by atoms with Gasteiger partial charge in [-0.25, -0.2) is 4.79 Å². The lowest BCUT2D eigenvalue weighted by Gasteiger charge is -2.04. The Morgan fingerprint density at radius 2 is 2.23 bits per heavy atom. The molecule has 0 amide bonds. The lowest BCUT2D eigenvalue weighted by atomic mass is 10.1. The summed E-state index contributed by atoms with van der Waals surface area (Å²) in [6.45, 7) is 0.204. The number of nitrogens with two attached hydrogens (primary N) is 2. The molecule has 0 heterocycles. The van der Waals surface area contributed by atoms with Crippen LogP contribution in [0.25, 0.3) is 0 Å². The monoisotopic (exact) mass is 198 g/mol. The molecule has 0 aliphatic heterocycles. The van der Waals surface area contributed by atoms with Crippen molar-refractivity contribution in [2.45, 2.75) is 11.4 Å². The predicted molar refractivity (Wildman–Crippen MR) is 51.3 cm³/mol. The molecule has 0 unspecified atom stereocenters. The minimum absolute atomic E-state index is 0.204. The summed E-state index contributed by atoms with van der Waals surface area (Å²) in [4.78, 5) is 11.5. The summed E-state index contributed by atoms with van der Waals surface area (Å²) in [5.41, 5.74) is 6.23. The van der Waals surface area contributed by atoms with Crippen molar-refractivity contribution in [2.24, 2.45) is 10.9 Å². The van der Waals surface area contributed by atoms with Crippen molar-refractivity contribution in [1.29, 1.82) is 0 Å². The number of rotatable bonds is 3. The molecule has 0 bridgehead atoms. The first kappa shape index (κ1) is 10.0. The van der Waals surface area contributed by atoms with E-state index in [1.165, 1.54) is 6.07 Å². The van der Waals surface area contributed by atoms with Gasteiger partial charge in [0, 0.05) is 11.4 Å². The van der Waals surface area contributed by atoms with Gasteiger partial charge >= 0.3 is 5.97 Å². The molecule has 1 rings (SSSR count). The van der Waals surface area contributed by atoms with Crippen molar-refractivity contribution in [3.63, 3.8) is 0 Å². The van der Waals surface area contributed by atoms with Gasteiger partial charge in [0.2, 0.25) is 0 Å². The van der Waals surface area contributed by atoms with Crippen LogP contribution in [0.1, 0.15) is 15.9 Å². The molecule has 0 atom stereocenters. The molecule has 1 aromatic rings. The lowest BCUT2D eigenvalue weighted by molar-refractivity contribution is 0.0695. The van der Waals surface area contributed by atoms with E-state index in [4.69, 9.17) is 16.0 Å². The second-order valence-corrected chi connectivity index (χ2v) is 3.15. The molecule has 0 saturated carbocycles. The van der Waals surface area contributed by atoms with Crippen molar-refractivity contribution in [2.75, 3.05) is 0 Å². The quantitative estimate of drug-likeness (QED) is 0.625. The van der Waals surface area contributed by atoms with Crippen LogP contribution in [0.3, 0.4) is 0 Å². The number of carbonyl (C=O) groups is 1. The Morgan fingerprint density at radius 3 is 2.69 bits per heavy atom. The van der Waals surface area contributed by atoms with Crippen molar-refractivity contribution >= 4 is 17.9 Å². The highest BCUT2D eigenvalue weighted by Crippen LogP contribution is 2.17. The van der Waals surface area contributed by atoms with Crippen molar-refractivity contribution in [1.82, 2.24) is 0 Å². The Kier molecular flexibility index (Phi) is 3.30. The highest BCUT2D eigenvalue weighted by molar-refractivity contribution is 7.97. The molecule has 0 spiro atoms. The molecule has 5 heteroatoms. The molecular formula is C8H10N2O2S. The van der Waals surface area contributed by atoms with Gasteiger partial charge in [-0.15, -0.1) is 0 Å². The molecule has 0 aliphatic carbocycles. The number of carboxylic acids is 1. The van der Waals surface area contributed by atoms with Gasteiger partial charge in [0.05, 0.1) is 5.56 Å². The molecule has 13 heavy (non-hydrogen) atoms. The van der Waals surface area contributed by atoms with Gasteiger partial charge in [-0.1, -0.05) is 0 Å². The van der Waals surface area contributed by atoms with Crippen LogP contribution in [-0.4, -0.2) is 11.1 Å². The molecule has 0 aromatic heterocycles. The fourth-order valence-corrected chi connectivity index (χ4v) is 1.38. The summed E-state index contributed by atoms with van der Waals surface area (Å²) in [6, 6.07) is 4.86. The Hall–Kier alpha value is -1.04. The van der Waals surface area contributed by atoms with E-state index in [1.807, 2.05) is 0 Å². The van der Waals surface area contributed by atoms with Crippen molar-refractivity contribution in [3.05, 3.63) is 29.3 Å². The number of aromatic carboxylic acids is 1. The highest BCUT2D eigenvalue weighted by atomic mass is 32.2. The van der Waals surface area contributed by atoms with Gasteiger partial charge in [0.1, 0.15) is 0 Å². The molecule has 0 saturated heterocycles. The minimum atomic E-state index is -0.964. The summed E-state index contributed by atoms with van der Waals surface area (Å²) < 4.78 is 0. The third-order valence-corrected chi connectivity index (χ3v) is 2.19. The van der Waals surface area contributed by atoms with Crippen molar-refractivity contribution in [3.8, 4) is 0 Å². The van der Waals surface area contributed by atoms with E-state index in [0.717, 1.165) is 16.8 Å². The first-order valence-corrected chi connectivity index (χ1v) is 4.50. The van der Waals surface area contributed by atoms with Crippen LogP contribution in [0.4, 0.5) is 0 Å². The van der Waals surface area contributed by atoms with E-state index in [1.54, 1.807) is 12.1 Å². The van der Waals surface area contributed by atoms with Gasteiger partial charge in [0.25, 0.3) is 0 Å². The zero-order valence-corrected chi connectivity index (χ0v) is 7.67. The Labute approximate surface area is 80.1 Å². The molecule has 4 nitrogen and oxygen atoms in total. The summed E-state index contributed by atoms with van der Waals surface area (Å²) >= 11 is 1.07. The molecule has 5 N–H and O–H groups in total. The maximum atomic E-state index is 10.7. The van der Waals surface area contributed by atoms with Gasteiger partial charge in [0.15, 0.2) is 0 Å². The van der Waals surface area contributed by atoms with Crippen LogP contribution in [0, 0.1) is 0 Å². The van der Waals surface area contributed by atoms with E-state index in [2.05, 4.69) is 0 Å². The number of hydrogen-bond donors (Lipinski definition) is 3. The van der Waals surface area contributed by atoms with Crippen LogP contribution in [-0.2, 0) is 6.54 Å². The standard InChI is InChI=1S/C8H10N2O2S/c9-4-5-3-6(13-10)1-2-7(5)8(11)12/h1-3H,4,9-10H2,(H,11,12). The fourth-order valence-electron chi connectivity index (χ4n) is 1.02. The molecule has 0 fully saturated rings. The van der Waals surface area contributed by atoms with Gasteiger partial charge in [-0.3, -0.25) is 5.14 Å². The van der Waals surface area contributed by atoms with Crippen molar-refractivity contribution < 1.29 is 9.90 Å². The predicted octanol–water partition coefficient (Wildman–Crippen LogP) is 0.809. The van der Waals surface area contributed by atoms with Gasteiger partial charge in [-0.2, -0.15) is 0 Å². The number of hydrogen-bond acceptors (Lipinski definition) is 4. The van der Waals surface area contributed by atoms with Gasteiger partial charge in [-0.05, 0) is 35.7 Å². The lowest BCUT2D eigenvalue weighted by Crippen LogP contribution is -2.06.